The van der Waals surface area contributed by atoms with Crippen LogP contribution in [-0.2, 0) is 11.3 Å². The number of carbonyl (C=O) groups is 1. The molecule has 0 radical (unpaired) electrons. The summed E-state index contributed by atoms with van der Waals surface area (Å²) in [6.45, 7) is -0.965. The van der Waals surface area contributed by atoms with Crippen LogP contribution in [0.5, 0.6) is 0 Å². The van der Waals surface area contributed by atoms with Crippen LogP contribution in [0, 0.1) is 16.8 Å². The predicted octanol–water partition coefficient (Wildman–Crippen LogP) is 3.29. The molecule has 0 aliphatic carbocycles. The summed E-state index contributed by atoms with van der Waals surface area (Å²) in [6, 6.07) is 4.19. The lowest BCUT2D eigenvalue weighted by Crippen LogP contribution is -2.52. The van der Waals surface area contributed by atoms with E-state index < -0.39 is 48.3 Å². The molecule has 1 amide bonds. The molecule has 1 aliphatic rings. The molecule has 3 heterocycles. The smallest absolute Gasteiger partial charge is 0.257 e. The number of likely N-dealkylation sites (tertiary alicyclic amines) is 1. The lowest BCUT2D eigenvalue weighted by atomic mass is 9.87. The summed E-state index contributed by atoms with van der Waals surface area (Å²) in [5.41, 5.74) is 0.00603. The number of piperidine rings is 1. The Balaban J connectivity index is 1.46. The highest BCUT2D eigenvalue weighted by Crippen LogP contribution is 2.40. The Bertz CT molecular complexity index is 1240. The van der Waals surface area contributed by atoms with Gasteiger partial charge in [0.2, 0.25) is 5.91 Å². The third-order valence-electron chi connectivity index (χ3n) is 5.77. The number of nitrogens with zero attached hydrogens (tertiary/aromatic N) is 4. The Labute approximate surface area is 196 Å². The van der Waals surface area contributed by atoms with E-state index in [1.807, 2.05) is 0 Å². The van der Waals surface area contributed by atoms with Crippen LogP contribution < -0.4 is 10.0 Å². The second-order valence-corrected chi connectivity index (χ2v) is 8.15. The van der Waals surface area contributed by atoms with Gasteiger partial charge in [-0.05, 0) is 30.2 Å². The van der Waals surface area contributed by atoms with E-state index in [1.165, 1.54) is 18.3 Å². The summed E-state index contributed by atoms with van der Waals surface area (Å²) in [5, 5.41) is 13.8. The molecule has 1 aliphatic heterocycles. The van der Waals surface area contributed by atoms with E-state index in [4.69, 9.17) is 2.74 Å². The molecule has 34 heavy (non-hydrogen) atoms. The van der Waals surface area contributed by atoms with Crippen LogP contribution in [-0.4, -0.2) is 45.4 Å². The van der Waals surface area contributed by atoms with Crippen molar-refractivity contribution in [2.24, 2.45) is 0 Å². The first kappa shape index (κ1) is 21.1. The van der Waals surface area contributed by atoms with E-state index in [0.717, 1.165) is 35.4 Å². The first-order valence-corrected chi connectivity index (χ1v) is 10.5. The quantitative estimate of drug-likeness (QED) is 0.335. The summed E-state index contributed by atoms with van der Waals surface area (Å²) in [5.74, 6) is -6.67. The Morgan fingerprint density at radius 3 is 2.68 bits per heavy atom. The van der Waals surface area contributed by atoms with Gasteiger partial charge in [-0.2, -0.15) is 4.73 Å². The number of hydrogen-bond acceptors (Lipinski definition) is 4. The number of imidazole rings is 1. The number of alkyl halides is 2. The number of hydrogen-bond donors (Lipinski definition) is 1. The van der Waals surface area contributed by atoms with Gasteiger partial charge < -0.3 is 15.1 Å². The second-order valence-electron chi connectivity index (χ2n) is 8.15. The fourth-order valence-electron chi connectivity index (χ4n) is 3.90. The molecule has 3 aromatic rings. The zero-order chi connectivity index (χ0) is 26.3. The first-order valence-electron chi connectivity index (χ1n) is 11.5. The molecule has 1 aromatic carbocycles. The molecule has 1 saturated heterocycles. The molecule has 2 atom stereocenters. The standard InChI is InChI=1S/C23H23F4N5O2/c1-15(31-7-4-23(26,27)20(12-31)17-2-5-32(34)6-3-17)22(33)29-21-13-30(14-28-21)11-16-8-18(24)10-19(25)9-16/h2-3,5-6,8-10,13-15,20H,4,7,11-12H2,1H3,(H,29,33)/t15-,20+/m0/s1/i11D2. The fraction of sp³-hybridized carbons (Fsp3) is 0.348. The number of anilines is 1. The number of carbonyl (C=O) groups excluding carboxylic acids is 1. The van der Waals surface area contributed by atoms with Gasteiger partial charge in [-0.3, -0.25) is 9.69 Å². The SMILES string of the molecule is [2H]C([2H])(c1cc(F)cc(F)c1)n1cnc(NC(=O)[C@H](C)N2CCC(F)(F)[C@@H](c3cc[n+]([O-])cc3)C2)c1. The van der Waals surface area contributed by atoms with Crippen LogP contribution in [0.15, 0.2) is 55.2 Å². The molecular formula is C23H23F4N5O2. The van der Waals surface area contributed by atoms with E-state index in [0.29, 0.717) is 16.4 Å². The zero-order valence-electron chi connectivity index (χ0n) is 20.1. The summed E-state index contributed by atoms with van der Waals surface area (Å²) in [4.78, 5) is 18.4. The molecule has 11 heteroatoms. The van der Waals surface area contributed by atoms with Crippen LogP contribution >= 0.6 is 0 Å². The van der Waals surface area contributed by atoms with Crippen LogP contribution in [0.25, 0.3) is 0 Å². The third-order valence-corrected chi connectivity index (χ3v) is 5.77. The van der Waals surface area contributed by atoms with Gasteiger partial charge in [-0.1, -0.05) is 0 Å². The lowest BCUT2D eigenvalue weighted by molar-refractivity contribution is -0.605. The summed E-state index contributed by atoms with van der Waals surface area (Å²) in [7, 11) is 0. The fourth-order valence-corrected chi connectivity index (χ4v) is 3.90. The molecule has 1 N–H and O–H groups in total. The Morgan fingerprint density at radius 2 is 2.00 bits per heavy atom. The monoisotopic (exact) mass is 479 g/mol. The number of aromatic nitrogens is 3. The van der Waals surface area contributed by atoms with Gasteiger partial charge in [0.1, 0.15) is 11.6 Å². The number of amides is 1. The van der Waals surface area contributed by atoms with Crippen molar-refractivity contribution >= 4 is 11.7 Å². The van der Waals surface area contributed by atoms with E-state index in [9.17, 15) is 27.6 Å². The van der Waals surface area contributed by atoms with Crippen molar-refractivity contribution in [1.29, 1.82) is 0 Å². The Morgan fingerprint density at radius 1 is 1.32 bits per heavy atom. The lowest BCUT2D eigenvalue weighted by Gasteiger charge is -2.40. The van der Waals surface area contributed by atoms with E-state index in [-0.39, 0.29) is 24.5 Å². The van der Waals surface area contributed by atoms with E-state index in [2.05, 4.69) is 10.3 Å². The summed E-state index contributed by atoms with van der Waals surface area (Å²) < 4.78 is 74.3. The van der Waals surface area contributed by atoms with E-state index >= 15 is 0 Å². The maximum absolute atomic E-state index is 14.6. The number of nitrogens with one attached hydrogen (secondary N) is 1. The van der Waals surface area contributed by atoms with Crippen molar-refractivity contribution in [3.63, 3.8) is 0 Å². The van der Waals surface area contributed by atoms with Gasteiger partial charge >= 0.3 is 0 Å². The molecule has 1 fully saturated rings. The highest BCUT2D eigenvalue weighted by Gasteiger charge is 2.46. The zero-order valence-corrected chi connectivity index (χ0v) is 18.1. The highest BCUT2D eigenvalue weighted by atomic mass is 19.3. The van der Waals surface area contributed by atoms with Crippen LogP contribution in [0.2, 0.25) is 0 Å². The maximum atomic E-state index is 14.6. The van der Waals surface area contributed by atoms with Gasteiger partial charge in [-0.25, -0.2) is 22.5 Å². The van der Waals surface area contributed by atoms with Crippen LogP contribution in [0.1, 0.15) is 33.1 Å². The Kier molecular flexibility index (Phi) is 5.84. The molecule has 2 aromatic heterocycles. The summed E-state index contributed by atoms with van der Waals surface area (Å²) >= 11 is 0. The molecule has 0 bridgehead atoms. The Hall–Kier alpha value is -3.47. The van der Waals surface area contributed by atoms with Gasteiger partial charge in [0.15, 0.2) is 18.2 Å². The van der Waals surface area contributed by atoms with Crippen molar-refractivity contribution in [3.05, 3.63) is 83.2 Å². The number of pyridine rings is 1. The minimum Gasteiger partial charge on any atom is -0.619 e. The third kappa shape index (κ3) is 5.36. The largest absolute Gasteiger partial charge is 0.619 e. The van der Waals surface area contributed by atoms with E-state index in [1.54, 1.807) is 11.8 Å². The maximum Gasteiger partial charge on any atom is 0.257 e. The summed E-state index contributed by atoms with van der Waals surface area (Å²) in [6.07, 6.45) is 4.06. The van der Waals surface area contributed by atoms with Crippen molar-refractivity contribution < 1.29 is 29.8 Å². The average Bonchev–Trinajstić information content (AvgIpc) is 3.28. The minimum atomic E-state index is -3.01. The molecular weight excluding hydrogens is 454 g/mol. The van der Waals surface area contributed by atoms with Crippen molar-refractivity contribution in [2.75, 3.05) is 18.4 Å². The number of benzene rings is 1. The topological polar surface area (TPSA) is 77.1 Å². The molecule has 0 spiro atoms. The number of rotatable bonds is 6. The first-order chi connectivity index (χ1) is 16.9. The van der Waals surface area contributed by atoms with Gasteiger partial charge in [-0.15, -0.1) is 0 Å². The number of halogens is 4. The molecule has 4 rings (SSSR count). The predicted molar refractivity (Wildman–Crippen MR) is 115 cm³/mol. The second kappa shape index (κ2) is 9.41. The highest BCUT2D eigenvalue weighted by molar-refractivity contribution is 5.93. The average molecular weight is 479 g/mol. The molecule has 7 nitrogen and oxygen atoms in total. The van der Waals surface area contributed by atoms with Gasteiger partial charge in [0.25, 0.3) is 5.92 Å². The van der Waals surface area contributed by atoms with Gasteiger partial charge in [0, 0.05) is 50.4 Å². The van der Waals surface area contributed by atoms with Crippen LogP contribution in [0.4, 0.5) is 23.4 Å². The normalized spacial score (nSPS) is 20.3. The van der Waals surface area contributed by atoms with Crippen LogP contribution in [0.3, 0.4) is 0 Å². The van der Waals surface area contributed by atoms with Gasteiger partial charge in [0.05, 0.1) is 21.0 Å². The van der Waals surface area contributed by atoms with Crippen molar-refractivity contribution in [3.8, 4) is 0 Å². The minimum absolute atomic E-state index is 0.0189. The molecule has 180 valence electrons. The van der Waals surface area contributed by atoms with Crippen molar-refractivity contribution in [2.45, 2.75) is 37.7 Å². The molecule has 0 saturated carbocycles. The van der Waals surface area contributed by atoms with Crippen molar-refractivity contribution in [1.82, 2.24) is 14.5 Å². The molecule has 0 unspecified atom stereocenters.